The van der Waals surface area contributed by atoms with Gasteiger partial charge in [-0.1, -0.05) is 18.2 Å². The summed E-state index contributed by atoms with van der Waals surface area (Å²) in [5.74, 6) is 0.310. The molecule has 0 unspecified atom stereocenters. The Bertz CT molecular complexity index is 810. The maximum absolute atomic E-state index is 13.4. The second kappa shape index (κ2) is 10.9. The van der Waals surface area contributed by atoms with E-state index in [1.807, 2.05) is 24.9 Å². The van der Waals surface area contributed by atoms with E-state index in [2.05, 4.69) is 15.6 Å². The number of nitrogens with zero attached hydrogens (tertiary/aromatic N) is 2. The van der Waals surface area contributed by atoms with Crippen LogP contribution in [0.1, 0.15) is 29.3 Å². The molecule has 0 aromatic heterocycles. The molecule has 0 atom stereocenters. The maximum atomic E-state index is 13.4. The first kappa shape index (κ1) is 21.2. The van der Waals surface area contributed by atoms with Crippen LogP contribution < -0.4 is 10.6 Å². The summed E-state index contributed by atoms with van der Waals surface area (Å²) in [4.78, 5) is 18.5. The highest BCUT2D eigenvalue weighted by Crippen LogP contribution is 2.10. The van der Waals surface area contributed by atoms with Crippen molar-refractivity contribution in [1.82, 2.24) is 15.5 Å². The fraction of sp³-hybridized carbons (Fsp3) is 0.333. The van der Waals surface area contributed by atoms with Crippen LogP contribution in [0.2, 0.25) is 0 Å². The molecule has 0 saturated heterocycles. The molecule has 0 aliphatic heterocycles. The number of hydrogen-bond donors (Lipinski definition) is 3. The Morgan fingerprint density at radius 3 is 2.68 bits per heavy atom. The van der Waals surface area contributed by atoms with Crippen molar-refractivity contribution in [3.63, 3.8) is 0 Å². The number of carbonyl (C=O) groups is 1. The van der Waals surface area contributed by atoms with Crippen molar-refractivity contribution in [2.45, 2.75) is 19.9 Å². The summed E-state index contributed by atoms with van der Waals surface area (Å²) in [5, 5.41) is 15.5. The zero-order valence-corrected chi connectivity index (χ0v) is 16.3. The Kier molecular flexibility index (Phi) is 8.27. The van der Waals surface area contributed by atoms with Crippen LogP contribution in [0.4, 0.5) is 4.39 Å². The number of rotatable bonds is 8. The van der Waals surface area contributed by atoms with E-state index in [4.69, 9.17) is 0 Å². The summed E-state index contributed by atoms with van der Waals surface area (Å²) in [5.41, 5.74) is 1.29. The molecule has 0 heterocycles. The number of halogens is 1. The number of benzene rings is 2. The van der Waals surface area contributed by atoms with Gasteiger partial charge in [0.05, 0.1) is 0 Å². The van der Waals surface area contributed by atoms with E-state index >= 15 is 0 Å². The third kappa shape index (κ3) is 6.90. The second-order valence-corrected chi connectivity index (χ2v) is 6.38. The van der Waals surface area contributed by atoms with Gasteiger partial charge in [0, 0.05) is 38.8 Å². The number of aromatic hydroxyl groups is 1. The number of carbonyl (C=O) groups excluding carboxylic acids is 1. The van der Waals surface area contributed by atoms with Crippen molar-refractivity contribution in [2.75, 3.05) is 26.7 Å². The molecule has 0 saturated carbocycles. The molecule has 3 N–H and O–H groups in total. The fourth-order valence-corrected chi connectivity index (χ4v) is 2.67. The molecule has 2 aromatic carbocycles. The molecule has 2 aromatic rings. The lowest BCUT2D eigenvalue weighted by Gasteiger charge is -2.22. The molecule has 0 radical (unpaired) electrons. The van der Waals surface area contributed by atoms with Crippen LogP contribution in [0.15, 0.2) is 53.5 Å². The van der Waals surface area contributed by atoms with E-state index in [-0.39, 0.29) is 17.5 Å². The van der Waals surface area contributed by atoms with Crippen LogP contribution in [0.25, 0.3) is 0 Å². The molecular weight excluding hydrogens is 359 g/mol. The van der Waals surface area contributed by atoms with Crippen molar-refractivity contribution in [2.24, 2.45) is 4.99 Å². The van der Waals surface area contributed by atoms with Crippen LogP contribution >= 0.6 is 0 Å². The first-order valence-electron chi connectivity index (χ1n) is 9.30. The van der Waals surface area contributed by atoms with Crippen LogP contribution in [0.5, 0.6) is 5.75 Å². The van der Waals surface area contributed by atoms with Gasteiger partial charge in [-0.15, -0.1) is 0 Å². The summed E-state index contributed by atoms with van der Waals surface area (Å²) in [6.07, 6.45) is 0.674. The van der Waals surface area contributed by atoms with Gasteiger partial charge in [-0.3, -0.25) is 9.79 Å². The first-order valence-corrected chi connectivity index (χ1v) is 9.30. The average Bonchev–Trinajstić information content (AvgIpc) is 2.66. The fourth-order valence-electron chi connectivity index (χ4n) is 2.67. The number of phenols is 1. The molecule has 6 nitrogen and oxygen atoms in total. The van der Waals surface area contributed by atoms with E-state index < -0.39 is 0 Å². The lowest BCUT2D eigenvalue weighted by atomic mass is 10.2. The zero-order valence-electron chi connectivity index (χ0n) is 16.3. The number of nitrogens with one attached hydrogen (secondary N) is 2. The number of guanidine groups is 1. The van der Waals surface area contributed by atoms with Gasteiger partial charge < -0.3 is 20.6 Å². The molecule has 0 fully saturated rings. The standard InChI is InChI=1S/C21H27FN4O2/c1-3-23-21(26(2)15-16-7-4-9-18(22)13-16)25-12-6-11-24-20(28)17-8-5-10-19(27)14-17/h4-5,7-10,13-14,27H,3,6,11-12,15H2,1-2H3,(H,23,25)(H,24,28). The third-order valence-corrected chi connectivity index (χ3v) is 4.00. The summed E-state index contributed by atoms with van der Waals surface area (Å²) in [6, 6.07) is 12.7. The number of amides is 1. The van der Waals surface area contributed by atoms with E-state index in [1.54, 1.807) is 18.2 Å². The second-order valence-electron chi connectivity index (χ2n) is 6.38. The topological polar surface area (TPSA) is 77.0 Å². The summed E-state index contributed by atoms with van der Waals surface area (Å²) in [6.45, 7) is 4.26. The minimum Gasteiger partial charge on any atom is -0.508 e. The lowest BCUT2D eigenvalue weighted by molar-refractivity contribution is 0.0953. The predicted molar refractivity (Wildman–Crippen MR) is 109 cm³/mol. The zero-order chi connectivity index (χ0) is 20.4. The molecule has 1 amide bonds. The van der Waals surface area contributed by atoms with E-state index in [0.717, 1.165) is 18.1 Å². The molecule has 2 rings (SSSR count). The van der Waals surface area contributed by atoms with Gasteiger partial charge >= 0.3 is 0 Å². The van der Waals surface area contributed by atoms with Gasteiger partial charge in [0.15, 0.2) is 5.96 Å². The van der Waals surface area contributed by atoms with Gasteiger partial charge in [0.25, 0.3) is 5.91 Å². The van der Waals surface area contributed by atoms with Gasteiger partial charge in [0.2, 0.25) is 0 Å². The Morgan fingerprint density at radius 2 is 1.96 bits per heavy atom. The van der Waals surface area contributed by atoms with Crippen molar-refractivity contribution < 1.29 is 14.3 Å². The Hall–Kier alpha value is -3.09. The minimum atomic E-state index is -0.254. The lowest BCUT2D eigenvalue weighted by Crippen LogP contribution is -2.38. The van der Waals surface area contributed by atoms with E-state index in [9.17, 15) is 14.3 Å². The van der Waals surface area contributed by atoms with Gasteiger partial charge in [-0.05, 0) is 49.2 Å². The van der Waals surface area contributed by atoms with Crippen LogP contribution in [0, 0.1) is 5.82 Å². The smallest absolute Gasteiger partial charge is 0.251 e. The molecule has 0 spiro atoms. The molecule has 7 heteroatoms. The quantitative estimate of drug-likeness (QED) is 0.370. The number of phenolic OH excluding ortho intramolecular Hbond substituents is 1. The van der Waals surface area contributed by atoms with Gasteiger partial charge in [-0.2, -0.15) is 0 Å². The Labute approximate surface area is 165 Å². The van der Waals surface area contributed by atoms with Crippen molar-refractivity contribution >= 4 is 11.9 Å². The predicted octanol–water partition coefficient (Wildman–Crippen LogP) is 2.75. The third-order valence-electron chi connectivity index (χ3n) is 4.00. The molecule has 0 aliphatic rings. The monoisotopic (exact) mass is 386 g/mol. The highest BCUT2D eigenvalue weighted by Gasteiger charge is 2.08. The van der Waals surface area contributed by atoms with Crippen LogP contribution in [-0.2, 0) is 6.54 Å². The van der Waals surface area contributed by atoms with Crippen molar-refractivity contribution in [3.8, 4) is 5.75 Å². The summed E-state index contributed by atoms with van der Waals surface area (Å²) < 4.78 is 13.4. The Balaban J connectivity index is 1.82. The van der Waals surface area contributed by atoms with Gasteiger partial charge in [-0.25, -0.2) is 4.39 Å². The van der Waals surface area contributed by atoms with Crippen molar-refractivity contribution in [1.29, 1.82) is 0 Å². The summed E-state index contributed by atoms with van der Waals surface area (Å²) in [7, 11) is 1.90. The van der Waals surface area contributed by atoms with Crippen LogP contribution in [-0.4, -0.2) is 48.6 Å². The van der Waals surface area contributed by atoms with E-state index in [1.165, 1.54) is 24.3 Å². The maximum Gasteiger partial charge on any atom is 0.251 e. The van der Waals surface area contributed by atoms with Gasteiger partial charge in [0.1, 0.15) is 11.6 Å². The van der Waals surface area contributed by atoms with Crippen molar-refractivity contribution in [3.05, 3.63) is 65.5 Å². The highest BCUT2D eigenvalue weighted by molar-refractivity contribution is 5.94. The number of hydrogen-bond acceptors (Lipinski definition) is 3. The average molecular weight is 386 g/mol. The Morgan fingerprint density at radius 1 is 1.18 bits per heavy atom. The first-order chi connectivity index (χ1) is 13.5. The summed E-state index contributed by atoms with van der Waals surface area (Å²) >= 11 is 0. The number of aliphatic imine (C=N–C) groups is 1. The molecule has 150 valence electrons. The molecule has 0 aliphatic carbocycles. The van der Waals surface area contributed by atoms with Crippen LogP contribution in [0.3, 0.4) is 0 Å². The normalized spacial score (nSPS) is 11.2. The molecule has 28 heavy (non-hydrogen) atoms. The molecule has 0 bridgehead atoms. The van der Waals surface area contributed by atoms with E-state index in [0.29, 0.717) is 31.6 Å². The minimum absolute atomic E-state index is 0.0638. The SMILES string of the molecule is CCNC(=NCCCNC(=O)c1cccc(O)c1)N(C)Cc1cccc(F)c1. The largest absolute Gasteiger partial charge is 0.508 e. The molecular formula is C21H27FN4O2. The highest BCUT2D eigenvalue weighted by atomic mass is 19.1.